The summed E-state index contributed by atoms with van der Waals surface area (Å²) in [7, 11) is 0. The molecule has 1 amide bonds. The van der Waals surface area contributed by atoms with Gasteiger partial charge >= 0.3 is 6.18 Å². The molecular weight excluding hydrogens is 269 g/mol. The van der Waals surface area contributed by atoms with Gasteiger partial charge in [-0.1, -0.05) is 18.2 Å². The lowest BCUT2D eigenvalue weighted by Crippen LogP contribution is -2.39. The summed E-state index contributed by atoms with van der Waals surface area (Å²) in [6.45, 7) is 1.74. The number of aromatic nitrogens is 1. The minimum atomic E-state index is -4.47. The van der Waals surface area contributed by atoms with Crippen molar-refractivity contribution in [3.8, 4) is 0 Å². The van der Waals surface area contributed by atoms with Crippen LogP contribution in [0.4, 0.5) is 13.2 Å². The third kappa shape index (κ3) is 1.88. The van der Waals surface area contributed by atoms with Gasteiger partial charge in [-0.15, -0.1) is 0 Å². The number of hydrogen-bond donors (Lipinski definition) is 2. The number of para-hydroxylation sites is 1. The predicted octanol–water partition coefficient (Wildman–Crippen LogP) is 2.92. The van der Waals surface area contributed by atoms with E-state index >= 15 is 0 Å². The Morgan fingerprint density at radius 2 is 1.90 bits per heavy atom. The zero-order valence-electron chi connectivity index (χ0n) is 10.5. The van der Waals surface area contributed by atoms with E-state index in [0.29, 0.717) is 11.3 Å². The maximum atomic E-state index is 12.7. The summed E-state index contributed by atoms with van der Waals surface area (Å²) in [6.07, 6.45) is -3.53. The Morgan fingerprint density at radius 3 is 2.55 bits per heavy atom. The van der Waals surface area contributed by atoms with Crippen LogP contribution in [0, 0.1) is 6.92 Å². The number of aryl methyl sites for hydroxylation is 1. The topological polar surface area (TPSA) is 44.9 Å². The third-order valence-corrected chi connectivity index (χ3v) is 3.38. The van der Waals surface area contributed by atoms with Crippen molar-refractivity contribution in [2.75, 3.05) is 0 Å². The van der Waals surface area contributed by atoms with Crippen LogP contribution in [-0.4, -0.2) is 23.1 Å². The number of fused-ring (bicyclic) bond motifs is 1. The van der Waals surface area contributed by atoms with E-state index in [0.717, 1.165) is 17.0 Å². The highest BCUT2D eigenvalue weighted by Gasteiger charge is 2.44. The molecule has 0 aliphatic carbocycles. The Bertz CT molecular complexity index is 728. The number of aromatic amines is 1. The molecule has 1 aromatic heterocycles. The highest BCUT2D eigenvalue weighted by Crippen LogP contribution is 2.34. The molecule has 2 N–H and O–H groups in total. The Kier molecular flexibility index (Phi) is 2.64. The number of benzene rings is 1. The molecule has 2 heterocycles. The molecule has 1 aromatic carbocycles. The van der Waals surface area contributed by atoms with Gasteiger partial charge in [0, 0.05) is 27.7 Å². The van der Waals surface area contributed by atoms with Crippen LogP contribution in [0.2, 0.25) is 0 Å². The SMILES string of the molecule is Cc1[nH]c2ccccc2c1C1=C[C@@H](C(F)(F)F)NC1=O. The normalized spacial score (nSPS) is 19.3. The smallest absolute Gasteiger partial charge is 0.358 e. The Hall–Kier alpha value is -2.24. The lowest BCUT2D eigenvalue weighted by molar-refractivity contribution is -0.148. The van der Waals surface area contributed by atoms with Gasteiger partial charge in [-0.3, -0.25) is 4.79 Å². The maximum absolute atomic E-state index is 12.7. The third-order valence-electron chi connectivity index (χ3n) is 3.38. The number of hydrogen-bond acceptors (Lipinski definition) is 1. The molecule has 3 rings (SSSR count). The first-order valence-corrected chi connectivity index (χ1v) is 6.05. The molecule has 0 unspecified atom stereocenters. The number of nitrogens with one attached hydrogen (secondary N) is 2. The summed E-state index contributed by atoms with van der Waals surface area (Å²) in [5.74, 6) is -0.694. The van der Waals surface area contributed by atoms with E-state index < -0.39 is 18.1 Å². The van der Waals surface area contributed by atoms with Crippen molar-refractivity contribution in [3.63, 3.8) is 0 Å². The summed E-state index contributed by atoms with van der Waals surface area (Å²) < 4.78 is 38.1. The second kappa shape index (κ2) is 4.13. The molecule has 0 radical (unpaired) electrons. The van der Waals surface area contributed by atoms with Crippen molar-refractivity contribution in [1.29, 1.82) is 0 Å². The molecule has 0 saturated carbocycles. The first-order valence-electron chi connectivity index (χ1n) is 6.05. The van der Waals surface area contributed by atoms with E-state index in [4.69, 9.17) is 0 Å². The van der Waals surface area contributed by atoms with Gasteiger partial charge in [0.25, 0.3) is 5.91 Å². The number of carbonyl (C=O) groups excluding carboxylic acids is 1. The number of H-pyrrole nitrogens is 1. The number of carbonyl (C=O) groups is 1. The molecule has 0 saturated heterocycles. The van der Waals surface area contributed by atoms with Gasteiger partial charge in [0.15, 0.2) is 0 Å². The predicted molar refractivity (Wildman–Crippen MR) is 69.0 cm³/mol. The van der Waals surface area contributed by atoms with Crippen LogP contribution in [-0.2, 0) is 4.79 Å². The van der Waals surface area contributed by atoms with Gasteiger partial charge in [-0.25, -0.2) is 0 Å². The minimum absolute atomic E-state index is 0.0716. The van der Waals surface area contributed by atoms with E-state index in [-0.39, 0.29) is 5.57 Å². The molecule has 1 atom stereocenters. The fourth-order valence-corrected chi connectivity index (χ4v) is 2.50. The van der Waals surface area contributed by atoms with Crippen LogP contribution < -0.4 is 5.32 Å². The van der Waals surface area contributed by atoms with Gasteiger partial charge < -0.3 is 10.3 Å². The standard InChI is InChI=1S/C14H11F3N2O/c1-7-12(8-4-2-3-5-10(8)18-7)9-6-11(14(15,16)17)19-13(9)20/h2-6,11,18H,1H3,(H,19,20)/t11-/m0/s1. The second-order valence-corrected chi connectivity index (χ2v) is 4.74. The van der Waals surface area contributed by atoms with E-state index in [1.807, 2.05) is 17.4 Å². The van der Waals surface area contributed by atoms with Crippen LogP contribution in [0.15, 0.2) is 30.3 Å². The van der Waals surface area contributed by atoms with Crippen LogP contribution in [0.25, 0.3) is 16.5 Å². The number of halogens is 3. The zero-order valence-corrected chi connectivity index (χ0v) is 10.5. The van der Waals surface area contributed by atoms with Crippen molar-refractivity contribution >= 4 is 22.4 Å². The van der Waals surface area contributed by atoms with E-state index in [2.05, 4.69) is 4.98 Å². The Balaban J connectivity index is 2.16. The van der Waals surface area contributed by atoms with Crippen LogP contribution in [0.1, 0.15) is 11.3 Å². The van der Waals surface area contributed by atoms with Crippen molar-refractivity contribution in [1.82, 2.24) is 10.3 Å². The van der Waals surface area contributed by atoms with Gasteiger partial charge in [0.2, 0.25) is 0 Å². The van der Waals surface area contributed by atoms with E-state index in [9.17, 15) is 18.0 Å². The molecule has 0 fully saturated rings. The van der Waals surface area contributed by atoms with Gasteiger partial charge in [0.05, 0.1) is 0 Å². The summed E-state index contributed by atoms with van der Waals surface area (Å²) in [4.78, 5) is 14.9. The fraction of sp³-hybridized carbons (Fsp3) is 0.214. The van der Waals surface area contributed by atoms with E-state index in [1.165, 1.54) is 0 Å². The zero-order chi connectivity index (χ0) is 14.5. The maximum Gasteiger partial charge on any atom is 0.412 e. The first-order chi connectivity index (χ1) is 9.38. The Labute approximate surface area is 112 Å². The van der Waals surface area contributed by atoms with E-state index in [1.54, 1.807) is 19.1 Å². The summed E-state index contributed by atoms with van der Waals surface area (Å²) in [6, 6.07) is 5.29. The minimum Gasteiger partial charge on any atom is -0.358 e. The first kappa shape index (κ1) is 12.8. The van der Waals surface area contributed by atoms with Crippen molar-refractivity contribution < 1.29 is 18.0 Å². The molecule has 104 valence electrons. The van der Waals surface area contributed by atoms with Crippen LogP contribution in [0.3, 0.4) is 0 Å². The van der Waals surface area contributed by atoms with Crippen molar-refractivity contribution in [2.45, 2.75) is 19.1 Å². The molecule has 20 heavy (non-hydrogen) atoms. The summed E-state index contributed by atoms with van der Waals surface area (Å²) >= 11 is 0. The lowest BCUT2D eigenvalue weighted by Gasteiger charge is -2.12. The number of alkyl halides is 3. The van der Waals surface area contributed by atoms with Gasteiger partial charge in [0.1, 0.15) is 6.04 Å². The Morgan fingerprint density at radius 1 is 1.20 bits per heavy atom. The number of amides is 1. The second-order valence-electron chi connectivity index (χ2n) is 4.74. The van der Waals surface area contributed by atoms with Crippen LogP contribution >= 0.6 is 0 Å². The number of rotatable bonds is 1. The lowest BCUT2D eigenvalue weighted by atomic mass is 10.0. The summed E-state index contributed by atoms with van der Waals surface area (Å²) in [5.41, 5.74) is 2.08. The van der Waals surface area contributed by atoms with Gasteiger partial charge in [-0.2, -0.15) is 13.2 Å². The highest BCUT2D eigenvalue weighted by atomic mass is 19.4. The quantitative estimate of drug-likeness (QED) is 0.829. The van der Waals surface area contributed by atoms with Crippen molar-refractivity contribution in [2.24, 2.45) is 0 Å². The largest absolute Gasteiger partial charge is 0.412 e. The van der Waals surface area contributed by atoms with Crippen molar-refractivity contribution in [3.05, 3.63) is 41.6 Å². The average Bonchev–Trinajstić information content (AvgIpc) is 2.88. The molecule has 0 spiro atoms. The molecule has 1 aliphatic rings. The molecule has 1 aliphatic heterocycles. The molecule has 0 bridgehead atoms. The fourth-order valence-electron chi connectivity index (χ4n) is 2.50. The monoisotopic (exact) mass is 280 g/mol. The molecule has 6 heteroatoms. The summed E-state index contributed by atoms with van der Waals surface area (Å²) in [5, 5.41) is 2.70. The molecule has 3 nitrogen and oxygen atoms in total. The molecular formula is C14H11F3N2O. The van der Waals surface area contributed by atoms with Gasteiger partial charge in [-0.05, 0) is 19.1 Å². The van der Waals surface area contributed by atoms with Crippen LogP contribution in [0.5, 0.6) is 0 Å². The highest BCUT2D eigenvalue weighted by molar-refractivity contribution is 6.25. The molecule has 2 aromatic rings. The average molecular weight is 280 g/mol.